The van der Waals surface area contributed by atoms with E-state index in [1.807, 2.05) is 30.5 Å². The van der Waals surface area contributed by atoms with Crippen LogP contribution in [0.3, 0.4) is 0 Å². The van der Waals surface area contributed by atoms with E-state index in [4.69, 9.17) is 0 Å². The van der Waals surface area contributed by atoms with Crippen LogP contribution in [-0.2, 0) is 0 Å². The molecule has 1 atom stereocenters. The summed E-state index contributed by atoms with van der Waals surface area (Å²) in [6, 6.07) is 7.65. The third-order valence-electron chi connectivity index (χ3n) is 2.96. The molecule has 0 radical (unpaired) electrons. The molecule has 0 saturated carbocycles. The standard InChI is InChI=1S/C14H18N2O2S2/c1-14(18,7-8-19-2)9-15-12(17)13-16-10-5-3-4-6-11(10)20-13/h3-6,18H,7-9H2,1-2H3,(H,15,17)/t14-/m1/s1. The van der Waals surface area contributed by atoms with Gasteiger partial charge in [0.1, 0.15) is 0 Å². The summed E-state index contributed by atoms with van der Waals surface area (Å²) in [6.45, 7) is 1.98. The summed E-state index contributed by atoms with van der Waals surface area (Å²) in [5.41, 5.74) is -0.0492. The fourth-order valence-corrected chi connectivity index (χ4v) is 3.25. The number of fused-ring (bicyclic) bond motifs is 1. The molecular formula is C14H18N2O2S2. The molecule has 1 heterocycles. The van der Waals surface area contributed by atoms with Gasteiger partial charge in [0.15, 0.2) is 5.01 Å². The van der Waals surface area contributed by atoms with Crippen LogP contribution in [-0.4, -0.2) is 40.2 Å². The number of thiazole rings is 1. The maximum absolute atomic E-state index is 12.1. The summed E-state index contributed by atoms with van der Waals surface area (Å²) in [5, 5.41) is 13.3. The topological polar surface area (TPSA) is 62.2 Å². The zero-order valence-corrected chi connectivity index (χ0v) is 13.2. The minimum atomic E-state index is -0.880. The summed E-state index contributed by atoms with van der Waals surface area (Å²) < 4.78 is 0.992. The van der Waals surface area contributed by atoms with Crippen molar-refractivity contribution in [3.05, 3.63) is 29.3 Å². The molecule has 0 unspecified atom stereocenters. The number of carbonyl (C=O) groups excluding carboxylic acids is 1. The number of nitrogens with one attached hydrogen (secondary N) is 1. The van der Waals surface area contributed by atoms with E-state index in [1.165, 1.54) is 11.3 Å². The maximum atomic E-state index is 12.1. The van der Waals surface area contributed by atoms with E-state index in [9.17, 15) is 9.90 Å². The van der Waals surface area contributed by atoms with Gasteiger partial charge in [0.2, 0.25) is 0 Å². The molecule has 0 saturated heterocycles. The number of aliphatic hydroxyl groups is 1. The highest BCUT2D eigenvalue weighted by atomic mass is 32.2. The monoisotopic (exact) mass is 310 g/mol. The molecule has 0 aliphatic carbocycles. The van der Waals surface area contributed by atoms with Crippen molar-refractivity contribution in [3.8, 4) is 0 Å². The Morgan fingerprint density at radius 3 is 2.95 bits per heavy atom. The number of hydrogen-bond donors (Lipinski definition) is 2. The second-order valence-corrected chi connectivity index (χ2v) is 6.93. The third-order valence-corrected chi connectivity index (χ3v) is 4.61. The quantitative estimate of drug-likeness (QED) is 0.860. The number of amides is 1. The predicted octanol–water partition coefficient (Wildman–Crippen LogP) is 2.53. The van der Waals surface area contributed by atoms with Gasteiger partial charge in [-0.15, -0.1) is 11.3 Å². The van der Waals surface area contributed by atoms with Gasteiger partial charge in [-0.3, -0.25) is 4.79 Å². The molecule has 20 heavy (non-hydrogen) atoms. The van der Waals surface area contributed by atoms with E-state index in [-0.39, 0.29) is 12.5 Å². The van der Waals surface area contributed by atoms with Crippen molar-refractivity contribution in [1.82, 2.24) is 10.3 Å². The second-order valence-electron chi connectivity index (χ2n) is 4.91. The van der Waals surface area contributed by atoms with Crippen LogP contribution in [0.2, 0.25) is 0 Å². The second kappa shape index (κ2) is 6.56. The first-order valence-corrected chi connectivity index (χ1v) is 8.58. The van der Waals surface area contributed by atoms with Gasteiger partial charge in [0.05, 0.1) is 15.8 Å². The molecule has 108 valence electrons. The van der Waals surface area contributed by atoms with Crippen LogP contribution >= 0.6 is 23.1 Å². The summed E-state index contributed by atoms with van der Waals surface area (Å²) in [7, 11) is 0. The highest BCUT2D eigenvalue weighted by Gasteiger charge is 2.22. The zero-order valence-electron chi connectivity index (χ0n) is 11.5. The van der Waals surface area contributed by atoms with Crippen LogP contribution in [0.15, 0.2) is 24.3 Å². The van der Waals surface area contributed by atoms with E-state index in [0.717, 1.165) is 16.0 Å². The Balaban J connectivity index is 1.98. The van der Waals surface area contributed by atoms with E-state index >= 15 is 0 Å². The number of carbonyl (C=O) groups is 1. The number of para-hydroxylation sites is 1. The molecule has 0 aliphatic rings. The molecule has 0 bridgehead atoms. The van der Waals surface area contributed by atoms with Gasteiger partial charge in [0.25, 0.3) is 5.91 Å². The van der Waals surface area contributed by atoms with Gasteiger partial charge in [0, 0.05) is 6.54 Å². The van der Waals surface area contributed by atoms with Gasteiger partial charge < -0.3 is 10.4 Å². The molecule has 1 aromatic heterocycles. The van der Waals surface area contributed by atoms with Gasteiger partial charge in [-0.05, 0) is 37.5 Å². The van der Waals surface area contributed by atoms with E-state index in [1.54, 1.807) is 18.7 Å². The molecular weight excluding hydrogens is 292 g/mol. The van der Waals surface area contributed by atoms with Gasteiger partial charge in [-0.2, -0.15) is 11.8 Å². The fourth-order valence-electron chi connectivity index (χ4n) is 1.73. The number of rotatable bonds is 6. The molecule has 2 rings (SSSR count). The first-order valence-electron chi connectivity index (χ1n) is 6.37. The lowest BCUT2D eigenvalue weighted by atomic mass is 10.0. The van der Waals surface area contributed by atoms with Crippen LogP contribution in [0, 0.1) is 0 Å². The van der Waals surface area contributed by atoms with Gasteiger partial charge >= 0.3 is 0 Å². The van der Waals surface area contributed by atoms with Crippen LogP contribution in [0.25, 0.3) is 10.2 Å². The Morgan fingerprint density at radius 2 is 2.25 bits per heavy atom. The molecule has 2 N–H and O–H groups in total. The lowest BCUT2D eigenvalue weighted by molar-refractivity contribution is 0.0528. The summed E-state index contributed by atoms with van der Waals surface area (Å²) >= 11 is 3.04. The van der Waals surface area contributed by atoms with Crippen molar-refractivity contribution in [2.75, 3.05) is 18.6 Å². The zero-order chi connectivity index (χ0) is 14.6. The average Bonchev–Trinajstić information content (AvgIpc) is 2.86. The van der Waals surface area contributed by atoms with Crippen molar-refractivity contribution >= 4 is 39.2 Å². The number of hydrogen-bond acceptors (Lipinski definition) is 5. The summed E-state index contributed by atoms with van der Waals surface area (Å²) in [4.78, 5) is 16.4. The highest BCUT2D eigenvalue weighted by molar-refractivity contribution is 7.98. The number of aromatic nitrogens is 1. The van der Waals surface area contributed by atoms with E-state index < -0.39 is 5.60 Å². The minimum absolute atomic E-state index is 0.226. The Labute approximate surface area is 126 Å². The Bertz CT molecular complexity index is 563. The average molecular weight is 310 g/mol. The lowest BCUT2D eigenvalue weighted by Crippen LogP contribution is -2.41. The van der Waals surface area contributed by atoms with Crippen molar-refractivity contribution in [1.29, 1.82) is 0 Å². The SMILES string of the molecule is CSCC[C@@](C)(O)CNC(=O)c1nc2ccccc2s1. The molecule has 0 fully saturated rings. The van der Waals surface area contributed by atoms with Crippen LogP contribution in [0.5, 0.6) is 0 Å². The predicted molar refractivity (Wildman–Crippen MR) is 85.6 cm³/mol. The van der Waals surface area contributed by atoms with Crippen LogP contribution in [0.1, 0.15) is 23.1 Å². The molecule has 1 amide bonds. The Morgan fingerprint density at radius 1 is 1.50 bits per heavy atom. The van der Waals surface area contributed by atoms with Crippen LogP contribution in [0.4, 0.5) is 0 Å². The number of benzene rings is 1. The smallest absolute Gasteiger partial charge is 0.280 e. The van der Waals surface area contributed by atoms with Crippen molar-refractivity contribution < 1.29 is 9.90 Å². The Hall–Kier alpha value is -1.11. The molecule has 6 heteroatoms. The number of thioether (sulfide) groups is 1. The van der Waals surface area contributed by atoms with Crippen molar-refractivity contribution in [2.45, 2.75) is 18.9 Å². The maximum Gasteiger partial charge on any atom is 0.280 e. The third kappa shape index (κ3) is 3.94. The minimum Gasteiger partial charge on any atom is -0.388 e. The first kappa shape index (κ1) is 15.3. The fraction of sp³-hybridized carbons (Fsp3) is 0.429. The van der Waals surface area contributed by atoms with E-state index in [2.05, 4.69) is 10.3 Å². The van der Waals surface area contributed by atoms with Crippen LogP contribution < -0.4 is 5.32 Å². The Kier molecular flexibility index (Phi) is 5.01. The number of nitrogens with zero attached hydrogens (tertiary/aromatic N) is 1. The first-order chi connectivity index (χ1) is 9.52. The lowest BCUT2D eigenvalue weighted by Gasteiger charge is -2.22. The normalized spacial score (nSPS) is 14.2. The van der Waals surface area contributed by atoms with Crippen molar-refractivity contribution in [3.63, 3.8) is 0 Å². The van der Waals surface area contributed by atoms with Crippen molar-refractivity contribution in [2.24, 2.45) is 0 Å². The summed E-state index contributed by atoms with van der Waals surface area (Å²) in [5.74, 6) is 0.639. The largest absolute Gasteiger partial charge is 0.388 e. The van der Waals surface area contributed by atoms with Gasteiger partial charge in [-0.1, -0.05) is 12.1 Å². The molecule has 0 spiro atoms. The molecule has 4 nitrogen and oxygen atoms in total. The van der Waals surface area contributed by atoms with Gasteiger partial charge in [-0.25, -0.2) is 4.98 Å². The summed E-state index contributed by atoms with van der Waals surface area (Å²) in [6.07, 6.45) is 2.64. The molecule has 1 aromatic carbocycles. The highest BCUT2D eigenvalue weighted by Crippen LogP contribution is 2.21. The van der Waals surface area contributed by atoms with E-state index in [0.29, 0.717) is 11.4 Å². The molecule has 0 aliphatic heterocycles. The molecule has 2 aromatic rings.